The summed E-state index contributed by atoms with van der Waals surface area (Å²) in [7, 11) is 7.15. The second-order valence-electron chi connectivity index (χ2n) is 4.57. The Bertz CT molecular complexity index is 376. The summed E-state index contributed by atoms with van der Waals surface area (Å²) in [6.45, 7) is 0. The molecule has 15 heteroatoms. The van der Waals surface area contributed by atoms with E-state index in [1.54, 1.807) is 32.4 Å². The van der Waals surface area contributed by atoms with Crippen LogP contribution in [-0.2, 0) is 29.0 Å². The number of hydrogen-bond acceptors (Lipinski definition) is 12. The van der Waals surface area contributed by atoms with Gasteiger partial charge in [-0.3, -0.25) is 0 Å². The molecule has 0 heterocycles. The van der Waals surface area contributed by atoms with E-state index in [4.69, 9.17) is 23.8 Å². The van der Waals surface area contributed by atoms with E-state index < -0.39 is 44.1 Å². The molecule has 0 aliphatic carbocycles. The molecular weight excluding hydrogens is 559 g/mol. The van der Waals surface area contributed by atoms with Crippen LogP contribution in [0.5, 0.6) is 0 Å². The van der Waals surface area contributed by atoms with Crippen molar-refractivity contribution >= 4 is 65.3 Å². The molecule has 8 N–H and O–H groups in total. The first-order valence-electron chi connectivity index (χ1n) is 7.14. The van der Waals surface area contributed by atoms with Crippen molar-refractivity contribution in [3.8, 4) is 0 Å². The van der Waals surface area contributed by atoms with Gasteiger partial charge in [-0.15, -0.1) is 0 Å². The second kappa shape index (κ2) is 19.5. The molecule has 0 radical (unpaired) electrons. The van der Waals surface area contributed by atoms with E-state index >= 15 is 0 Å². The quantitative estimate of drug-likeness (QED) is 0.0435. The summed E-state index contributed by atoms with van der Waals surface area (Å²) in [6.07, 6.45) is 1.59. The third-order valence-electron chi connectivity index (χ3n) is 2.47. The molecule has 0 fully saturated rings. The van der Waals surface area contributed by atoms with E-state index in [0.29, 0.717) is 5.75 Å². The molecule has 0 bridgehead atoms. The van der Waals surface area contributed by atoms with Crippen LogP contribution in [0, 0.1) is 0 Å². The van der Waals surface area contributed by atoms with Crippen molar-refractivity contribution in [2.75, 3.05) is 34.5 Å². The van der Waals surface area contributed by atoms with Crippen LogP contribution >= 0.6 is 43.2 Å². The van der Waals surface area contributed by atoms with Gasteiger partial charge in [0.15, 0.2) is 11.1 Å². The second-order valence-corrected chi connectivity index (χ2v) is 13.8. The van der Waals surface area contributed by atoms with Crippen LogP contribution in [0.4, 0.5) is 0 Å². The van der Waals surface area contributed by atoms with E-state index in [1.165, 1.54) is 0 Å². The molecule has 8 nitrogen and oxygen atoms in total. The van der Waals surface area contributed by atoms with Crippen molar-refractivity contribution in [2.45, 2.75) is 24.9 Å². The van der Waals surface area contributed by atoms with Gasteiger partial charge in [0.05, 0.1) is 5.75 Å². The normalized spacial score (nSPS) is 16.6. The maximum atomic E-state index is 11.3. The van der Waals surface area contributed by atoms with Gasteiger partial charge in [-0.2, -0.15) is 5.90 Å². The molecule has 0 aliphatic rings. The molecule has 0 aromatic rings. The SMILES string of the molecule is NOS(=O)CC(N)CCSSCCSSCCC(N)CS(=O)O[I-]N. The van der Waals surface area contributed by atoms with Crippen molar-refractivity contribution in [1.29, 1.82) is 0 Å². The molecule has 0 saturated carbocycles. The number of hydrogen-bond donors (Lipinski definition) is 4. The number of nitrogens with two attached hydrogens (primary N) is 4. The maximum absolute atomic E-state index is 11.3. The zero-order valence-electron chi connectivity index (χ0n) is 13.6. The van der Waals surface area contributed by atoms with Crippen LogP contribution < -0.4 is 43.2 Å². The van der Waals surface area contributed by atoms with Crippen LogP contribution in [0.3, 0.4) is 0 Å². The molecule has 0 spiro atoms. The first-order chi connectivity index (χ1) is 12.0. The van der Waals surface area contributed by atoms with Crippen molar-refractivity contribution < 1.29 is 37.1 Å². The fraction of sp³-hybridized carbons (Fsp3) is 1.00. The molecule has 0 aliphatic heterocycles. The molecule has 0 aromatic carbocycles. The van der Waals surface area contributed by atoms with Crippen LogP contribution in [-0.4, -0.2) is 55.0 Å². The summed E-state index contributed by atoms with van der Waals surface area (Å²) < 4.78 is 36.7. The van der Waals surface area contributed by atoms with Gasteiger partial charge in [-0.25, -0.2) is 8.49 Å². The van der Waals surface area contributed by atoms with Crippen molar-refractivity contribution in [3.63, 3.8) is 0 Å². The van der Waals surface area contributed by atoms with Crippen molar-refractivity contribution in [1.82, 2.24) is 0 Å². The zero-order valence-corrected chi connectivity index (χ0v) is 20.6. The Morgan fingerprint density at radius 1 is 0.840 bits per heavy atom. The standard InChI is InChI=1S/C10H26IN4O4S6/c12-9(7-24(16)18-11-14)1-3-20-22-5-6-23-21-4-2-10(13)8-25(17)19-15/h9-10H,1-8,12-15H2/q-1. The summed E-state index contributed by atoms with van der Waals surface area (Å²) in [4.78, 5) is 0. The van der Waals surface area contributed by atoms with Gasteiger partial charge in [-0.05, 0) is 6.42 Å². The average Bonchev–Trinajstić information content (AvgIpc) is 2.56. The molecule has 0 rings (SSSR count). The van der Waals surface area contributed by atoms with Crippen molar-refractivity contribution in [3.05, 3.63) is 0 Å². The van der Waals surface area contributed by atoms with Crippen molar-refractivity contribution in [2.24, 2.45) is 21.3 Å². The first-order valence-corrected chi connectivity index (χ1v) is 16.7. The van der Waals surface area contributed by atoms with E-state index in [-0.39, 0.29) is 17.8 Å². The Morgan fingerprint density at radius 2 is 1.28 bits per heavy atom. The first kappa shape index (κ1) is 27.2. The summed E-state index contributed by atoms with van der Waals surface area (Å²) in [5.41, 5.74) is 11.7. The summed E-state index contributed by atoms with van der Waals surface area (Å²) in [5, 5.41) is 0. The predicted molar refractivity (Wildman–Crippen MR) is 112 cm³/mol. The fourth-order valence-corrected chi connectivity index (χ4v) is 8.73. The van der Waals surface area contributed by atoms with Crippen LogP contribution in [0.1, 0.15) is 12.8 Å². The Balaban J connectivity index is 3.33. The summed E-state index contributed by atoms with van der Waals surface area (Å²) >= 11 is -3.72. The Labute approximate surface area is 181 Å². The van der Waals surface area contributed by atoms with E-state index in [0.717, 1.165) is 35.9 Å². The minimum absolute atomic E-state index is 0.113. The fourth-order valence-electron chi connectivity index (χ4n) is 1.32. The molecular formula is C10H26IN4O4S6-. The topological polar surface area (TPSA) is 157 Å². The molecule has 0 saturated heterocycles. The molecule has 0 aromatic heterocycles. The minimum atomic E-state index is -1.49. The zero-order chi connectivity index (χ0) is 18.9. The Kier molecular flexibility index (Phi) is 21.2. The van der Waals surface area contributed by atoms with Gasteiger partial charge in [-0.1, -0.05) is 0 Å². The predicted octanol–water partition coefficient (Wildman–Crippen LogP) is -2.70. The van der Waals surface area contributed by atoms with Gasteiger partial charge in [0, 0.05) is 11.8 Å². The number of halogens is 1. The Morgan fingerprint density at radius 3 is 1.72 bits per heavy atom. The molecule has 154 valence electrons. The van der Waals surface area contributed by atoms with Gasteiger partial charge in [0.1, 0.15) is 0 Å². The molecule has 25 heavy (non-hydrogen) atoms. The van der Waals surface area contributed by atoms with Crippen LogP contribution in [0.25, 0.3) is 0 Å². The summed E-state index contributed by atoms with van der Waals surface area (Å²) in [5.74, 6) is 9.35. The van der Waals surface area contributed by atoms with Crippen LogP contribution in [0.2, 0.25) is 0 Å². The van der Waals surface area contributed by atoms with E-state index in [9.17, 15) is 8.42 Å². The molecule has 4 unspecified atom stereocenters. The number of rotatable bonds is 18. The summed E-state index contributed by atoms with van der Waals surface area (Å²) in [6, 6.07) is -0.268. The molecule has 0 amide bonds. The molecule has 4 atom stereocenters. The third-order valence-corrected chi connectivity index (χ3v) is 11.3. The van der Waals surface area contributed by atoms with Gasteiger partial charge in [0.25, 0.3) is 0 Å². The van der Waals surface area contributed by atoms with Gasteiger partial charge in [0.2, 0.25) is 0 Å². The van der Waals surface area contributed by atoms with Crippen LogP contribution in [0.15, 0.2) is 0 Å². The monoisotopic (exact) mass is 585 g/mol. The van der Waals surface area contributed by atoms with Gasteiger partial charge >= 0.3 is 128 Å². The van der Waals surface area contributed by atoms with E-state index in [2.05, 4.69) is 4.28 Å². The van der Waals surface area contributed by atoms with Gasteiger partial charge < -0.3 is 5.73 Å². The average molecular weight is 586 g/mol. The third kappa shape index (κ3) is 19.3. The van der Waals surface area contributed by atoms with E-state index in [1.807, 2.05) is 10.8 Å². The Hall–Kier alpha value is 2.19.